The van der Waals surface area contributed by atoms with Crippen LogP contribution >= 0.6 is 0 Å². The first-order chi connectivity index (χ1) is 9.90. The minimum atomic E-state index is -4.36. The Bertz CT molecular complexity index is 673. The highest BCUT2D eigenvalue weighted by molar-refractivity contribution is 5.53. The number of ether oxygens (including phenoxy) is 1. The van der Waals surface area contributed by atoms with Gasteiger partial charge in [-0.1, -0.05) is 12.1 Å². The molecule has 0 aliphatic heterocycles. The minimum absolute atomic E-state index is 0.0662. The molecule has 21 heavy (non-hydrogen) atoms. The summed E-state index contributed by atoms with van der Waals surface area (Å²) in [5.41, 5.74) is 6.13. The highest BCUT2D eigenvalue weighted by Gasteiger charge is 2.29. The summed E-state index contributed by atoms with van der Waals surface area (Å²) in [7, 11) is 0. The summed E-state index contributed by atoms with van der Waals surface area (Å²) in [5, 5.41) is 8.96. The molecular weight excluding hydrogens is 281 g/mol. The van der Waals surface area contributed by atoms with Gasteiger partial charge in [-0.3, -0.25) is 0 Å². The fourth-order valence-corrected chi connectivity index (χ4v) is 1.71. The van der Waals surface area contributed by atoms with E-state index in [9.17, 15) is 13.2 Å². The number of nitrogens with two attached hydrogens (primary N) is 1. The lowest BCUT2D eigenvalue weighted by Crippen LogP contribution is -2.05. The summed E-state index contributed by atoms with van der Waals surface area (Å²) >= 11 is 0. The van der Waals surface area contributed by atoms with Crippen LogP contribution in [0.25, 0.3) is 0 Å². The van der Waals surface area contributed by atoms with Crippen LogP contribution in [0.3, 0.4) is 0 Å². The zero-order valence-electron chi connectivity index (χ0n) is 10.8. The van der Waals surface area contributed by atoms with Crippen LogP contribution in [0.15, 0.2) is 42.5 Å². The van der Waals surface area contributed by atoms with Crippen molar-refractivity contribution in [1.82, 2.24) is 0 Å². The number of nitrogens with zero attached hydrogens (tertiary/aromatic N) is 1. The second-order valence-corrected chi connectivity index (χ2v) is 4.35. The minimum Gasteiger partial charge on any atom is -0.488 e. The van der Waals surface area contributed by atoms with Gasteiger partial charge in [-0.15, -0.1) is 0 Å². The van der Waals surface area contributed by atoms with Crippen LogP contribution in [-0.2, 0) is 12.8 Å². The van der Waals surface area contributed by atoms with Crippen LogP contribution in [0.1, 0.15) is 16.7 Å². The van der Waals surface area contributed by atoms with Gasteiger partial charge in [0, 0.05) is 5.69 Å². The maximum absolute atomic E-state index is 12.4. The van der Waals surface area contributed by atoms with Gasteiger partial charge in [0.1, 0.15) is 18.4 Å². The van der Waals surface area contributed by atoms with Crippen LogP contribution in [0.2, 0.25) is 0 Å². The van der Waals surface area contributed by atoms with Crippen molar-refractivity contribution in [2.45, 2.75) is 12.8 Å². The molecule has 0 fully saturated rings. The van der Waals surface area contributed by atoms with E-state index in [-0.39, 0.29) is 12.2 Å². The number of hydrogen-bond donors (Lipinski definition) is 1. The monoisotopic (exact) mass is 292 g/mol. The fraction of sp³-hybridized carbons (Fsp3) is 0.133. The molecule has 0 spiro atoms. The van der Waals surface area contributed by atoms with E-state index in [1.807, 2.05) is 6.07 Å². The van der Waals surface area contributed by atoms with Gasteiger partial charge < -0.3 is 10.5 Å². The summed E-state index contributed by atoms with van der Waals surface area (Å²) in [6.45, 7) is 0.0662. The maximum atomic E-state index is 12.4. The fourth-order valence-electron chi connectivity index (χ4n) is 1.71. The van der Waals surface area contributed by atoms with E-state index < -0.39 is 11.7 Å². The van der Waals surface area contributed by atoms with Crippen molar-refractivity contribution >= 4 is 5.69 Å². The van der Waals surface area contributed by atoms with Crippen molar-refractivity contribution in [3.8, 4) is 11.8 Å². The summed E-state index contributed by atoms with van der Waals surface area (Å²) in [6.07, 6.45) is -4.36. The molecule has 0 saturated heterocycles. The average Bonchev–Trinajstić information content (AvgIpc) is 2.45. The van der Waals surface area contributed by atoms with Gasteiger partial charge in [-0.05, 0) is 35.9 Å². The highest BCUT2D eigenvalue weighted by Crippen LogP contribution is 2.29. The smallest absolute Gasteiger partial charge is 0.416 e. The third-order valence-corrected chi connectivity index (χ3v) is 2.80. The molecule has 2 aromatic rings. The van der Waals surface area contributed by atoms with E-state index in [0.717, 1.165) is 12.1 Å². The molecule has 0 atom stereocenters. The zero-order valence-corrected chi connectivity index (χ0v) is 10.8. The molecular formula is C15H11F3N2O. The lowest BCUT2D eigenvalue weighted by atomic mass is 10.1. The molecule has 2 rings (SSSR count). The quantitative estimate of drug-likeness (QED) is 0.877. The Kier molecular flexibility index (Phi) is 4.03. The molecule has 3 nitrogen and oxygen atoms in total. The number of halogens is 3. The third-order valence-electron chi connectivity index (χ3n) is 2.80. The second-order valence-electron chi connectivity index (χ2n) is 4.35. The van der Waals surface area contributed by atoms with Gasteiger partial charge in [-0.25, -0.2) is 0 Å². The first-order valence-corrected chi connectivity index (χ1v) is 5.98. The molecule has 0 bridgehead atoms. The number of rotatable bonds is 3. The van der Waals surface area contributed by atoms with Crippen molar-refractivity contribution in [2.24, 2.45) is 0 Å². The van der Waals surface area contributed by atoms with Crippen LogP contribution in [0.4, 0.5) is 18.9 Å². The summed E-state index contributed by atoms with van der Waals surface area (Å²) in [4.78, 5) is 0. The van der Waals surface area contributed by atoms with Gasteiger partial charge in [0.05, 0.1) is 11.1 Å². The van der Waals surface area contributed by atoms with E-state index in [4.69, 9.17) is 15.7 Å². The van der Waals surface area contributed by atoms with E-state index in [1.54, 1.807) is 12.1 Å². The number of hydrogen-bond acceptors (Lipinski definition) is 3. The summed E-state index contributed by atoms with van der Waals surface area (Å²) < 4.78 is 42.7. The first-order valence-electron chi connectivity index (χ1n) is 5.98. The zero-order chi connectivity index (χ0) is 15.5. The van der Waals surface area contributed by atoms with Gasteiger partial charge >= 0.3 is 6.18 Å². The molecule has 108 valence electrons. The Morgan fingerprint density at radius 2 is 1.76 bits per heavy atom. The lowest BCUT2D eigenvalue weighted by Gasteiger charge is -2.10. The molecule has 0 aromatic heterocycles. The lowest BCUT2D eigenvalue weighted by molar-refractivity contribution is -0.137. The standard InChI is InChI=1S/C15H11F3N2O/c16-15(17,18)12-3-1-10(2-4-12)9-21-14-6-5-13(20)7-11(14)8-19/h1-7H,9,20H2. The molecule has 0 aliphatic rings. The first kappa shape index (κ1) is 14.7. The molecule has 0 heterocycles. The molecule has 6 heteroatoms. The number of alkyl halides is 3. The third kappa shape index (κ3) is 3.66. The Morgan fingerprint density at radius 1 is 1.10 bits per heavy atom. The number of benzene rings is 2. The Morgan fingerprint density at radius 3 is 2.33 bits per heavy atom. The summed E-state index contributed by atoms with van der Waals surface area (Å²) in [5.74, 6) is 0.339. The van der Waals surface area contributed by atoms with Crippen LogP contribution in [0.5, 0.6) is 5.75 Å². The second kappa shape index (κ2) is 5.75. The Balaban J connectivity index is 2.09. The predicted molar refractivity (Wildman–Crippen MR) is 71.3 cm³/mol. The Hall–Kier alpha value is -2.68. The van der Waals surface area contributed by atoms with Crippen LogP contribution in [-0.4, -0.2) is 0 Å². The molecule has 0 aliphatic carbocycles. The molecule has 0 saturated carbocycles. The van der Waals surface area contributed by atoms with Gasteiger partial charge in [0.2, 0.25) is 0 Å². The van der Waals surface area contributed by atoms with Gasteiger partial charge in [0.25, 0.3) is 0 Å². The topological polar surface area (TPSA) is 59.0 Å². The predicted octanol–water partition coefficient (Wildman–Crippen LogP) is 3.74. The molecule has 2 N–H and O–H groups in total. The SMILES string of the molecule is N#Cc1cc(N)ccc1OCc1ccc(C(F)(F)F)cc1. The number of nitrogen functional groups attached to an aromatic ring is 1. The highest BCUT2D eigenvalue weighted by atomic mass is 19.4. The van der Waals surface area contributed by atoms with Gasteiger partial charge in [-0.2, -0.15) is 18.4 Å². The van der Waals surface area contributed by atoms with Gasteiger partial charge in [0.15, 0.2) is 0 Å². The Labute approximate surface area is 119 Å². The molecule has 0 amide bonds. The average molecular weight is 292 g/mol. The van der Waals surface area contributed by atoms with E-state index in [1.165, 1.54) is 18.2 Å². The van der Waals surface area contributed by atoms with Crippen molar-refractivity contribution in [1.29, 1.82) is 5.26 Å². The summed E-state index contributed by atoms with van der Waals surface area (Å²) in [6, 6.07) is 11.2. The normalized spacial score (nSPS) is 11.0. The van der Waals surface area contributed by atoms with Crippen molar-refractivity contribution < 1.29 is 17.9 Å². The molecule has 0 unspecified atom stereocenters. The molecule has 0 radical (unpaired) electrons. The van der Waals surface area contributed by atoms with E-state index in [0.29, 0.717) is 17.0 Å². The maximum Gasteiger partial charge on any atom is 0.416 e. The molecule has 2 aromatic carbocycles. The number of nitriles is 1. The number of anilines is 1. The van der Waals surface area contributed by atoms with E-state index >= 15 is 0 Å². The van der Waals surface area contributed by atoms with Crippen molar-refractivity contribution in [2.75, 3.05) is 5.73 Å². The van der Waals surface area contributed by atoms with Crippen LogP contribution in [0, 0.1) is 11.3 Å². The van der Waals surface area contributed by atoms with E-state index in [2.05, 4.69) is 0 Å². The van der Waals surface area contributed by atoms with Crippen LogP contribution < -0.4 is 10.5 Å². The van der Waals surface area contributed by atoms with Crippen molar-refractivity contribution in [3.63, 3.8) is 0 Å². The largest absolute Gasteiger partial charge is 0.488 e. The van der Waals surface area contributed by atoms with Crippen molar-refractivity contribution in [3.05, 3.63) is 59.2 Å².